The zero-order valence-corrected chi connectivity index (χ0v) is 15.2. The highest BCUT2D eigenvalue weighted by Gasteiger charge is 2.27. The molecule has 22 heavy (non-hydrogen) atoms. The quantitative estimate of drug-likeness (QED) is 0.710. The van der Waals surface area contributed by atoms with Crippen molar-refractivity contribution in [2.75, 3.05) is 0 Å². The first-order valence-corrected chi connectivity index (χ1v) is 9.35. The molecular formula is C19H30O2S. The van der Waals surface area contributed by atoms with Gasteiger partial charge in [-0.25, -0.2) is 0 Å². The third-order valence-electron chi connectivity index (χ3n) is 3.55. The molecular weight excluding hydrogens is 292 g/mol. The van der Waals surface area contributed by atoms with Crippen molar-refractivity contribution >= 4 is 10.8 Å². The van der Waals surface area contributed by atoms with Crippen LogP contribution in [0, 0.1) is 0 Å². The Kier molecular flexibility index (Phi) is 8.05. The SMILES string of the molecule is CCCC/C=C(/[C@H](O)CCc1ccccc1)S(=O)C(C)(C)C. The number of rotatable bonds is 8. The minimum atomic E-state index is -1.16. The van der Waals surface area contributed by atoms with E-state index in [1.165, 1.54) is 5.56 Å². The molecule has 1 rings (SSSR count). The minimum absolute atomic E-state index is 0.341. The van der Waals surface area contributed by atoms with E-state index in [0.717, 1.165) is 25.7 Å². The van der Waals surface area contributed by atoms with Gasteiger partial charge in [-0.2, -0.15) is 0 Å². The molecule has 0 radical (unpaired) electrons. The topological polar surface area (TPSA) is 37.3 Å². The molecule has 0 aromatic heterocycles. The molecule has 1 N–H and O–H groups in total. The number of allylic oxidation sites excluding steroid dienone is 1. The van der Waals surface area contributed by atoms with Gasteiger partial charge in [0.2, 0.25) is 0 Å². The van der Waals surface area contributed by atoms with Crippen molar-refractivity contribution in [3.8, 4) is 0 Å². The van der Waals surface area contributed by atoms with Crippen LogP contribution >= 0.6 is 0 Å². The molecule has 0 saturated heterocycles. The molecule has 0 aliphatic carbocycles. The maximum Gasteiger partial charge on any atom is 0.0873 e. The molecule has 3 heteroatoms. The lowest BCUT2D eigenvalue weighted by Crippen LogP contribution is -2.28. The Hall–Kier alpha value is -0.930. The fraction of sp³-hybridized carbons (Fsp3) is 0.579. The van der Waals surface area contributed by atoms with Crippen molar-refractivity contribution in [2.45, 2.75) is 70.7 Å². The number of hydrogen-bond acceptors (Lipinski definition) is 2. The predicted molar refractivity (Wildman–Crippen MR) is 96.3 cm³/mol. The molecule has 0 fully saturated rings. The molecule has 0 aliphatic rings. The smallest absolute Gasteiger partial charge is 0.0873 e. The van der Waals surface area contributed by atoms with Gasteiger partial charge >= 0.3 is 0 Å². The molecule has 2 atom stereocenters. The average molecular weight is 323 g/mol. The molecule has 1 unspecified atom stereocenters. The van der Waals surface area contributed by atoms with Gasteiger partial charge in [-0.05, 0) is 45.6 Å². The van der Waals surface area contributed by atoms with Crippen molar-refractivity contribution in [2.24, 2.45) is 0 Å². The molecule has 0 aliphatic heterocycles. The second-order valence-electron chi connectivity index (χ2n) is 6.67. The summed E-state index contributed by atoms with van der Waals surface area (Å²) in [6, 6.07) is 10.1. The van der Waals surface area contributed by atoms with Crippen LogP contribution in [0.15, 0.2) is 41.3 Å². The Morgan fingerprint density at radius 1 is 1.27 bits per heavy atom. The van der Waals surface area contributed by atoms with E-state index in [0.29, 0.717) is 11.3 Å². The summed E-state index contributed by atoms with van der Waals surface area (Å²) >= 11 is 0. The second-order valence-corrected chi connectivity index (χ2v) is 8.90. The molecule has 0 heterocycles. The summed E-state index contributed by atoms with van der Waals surface area (Å²) in [6.45, 7) is 8.02. The summed E-state index contributed by atoms with van der Waals surface area (Å²) in [6.07, 6.45) is 5.84. The van der Waals surface area contributed by atoms with E-state index >= 15 is 0 Å². The van der Waals surface area contributed by atoms with E-state index in [1.54, 1.807) is 0 Å². The number of aliphatic hydroxyl groups excluding tert-OH is 1. The zero-order valence-electron chi connectivity index (χ0n) is 14.3. The summed E-state index contributed by atoms with van der Waals surface area (Å²) in [5.74, 6) is 0. The maximum absolute atomic E-state index is 12.7. The lowest BCUT2D eigenvalue weighted by atomic mass is 10.1. The van der Waals surface area contributed by atoms with Crippen molar-refractivity contribution in [1.82, 2.24) is 0 Å². The number of aliphatic hydroxyl groups is 1. The summed E-state index contributed by atoms with van der Waals surface area (Å²) in [4.78, 5) is 0.705. The van der Waals surface area contributed by atoms with Crippen LogP contribution < -0.4 is 0 Å². The van der Waals surface area contributed by atoms with E-state index in [9.17, 15) is 9.32 Å². The highest BCUT2D eigenvalue weighted by molar-refractivity contribution is 7.90. The van der Waals surface area contributed by atoms with Gasteiger partial charge in [-0.3, -0.25) is 4.21 Å². The van der Waals surface area contributed by atoms with Crippen molar-refractivity contribution in [3.05, 3.63) is 46.9 Å². The summed E-state index contributed by atoms with van der Waals surface area (Å²) in [7, 11) is -1.16. The first-order valence-electron chi connectivity index (χ1n) is 8.20. The van der Waals surface area contributed by atoms with Gasteiger partial charge in [0.15, 0.2) is 0 Å². The van der Waals surface area contributed by atoms with E-state index in [2.05, 4.69) is 19.1 Å². The minimum Gasteiger partial charge on any atom is -0.388 e. The summed E-state index contributed by atoms with van der Waals surface area (Å²) < 4.78 is 12.4. The average Bonchev–Trinajstić information content (AvgIpc) is 2.49. The monoisotopic (exact) mass is 322 g/mol. The predicted octanol–water partition coefficient (Wildman–Crippen LogP) is 4.60. The molecule has 0 saturated carbocycles. The molecule has 1 aromatic carbocycles. The van der Waals surface area contributed by atoms with Gasteiger partial charge in [0.05, 0.1) is 16.9 Å². The molecule has 124 valence electrons. The largest absolute Gasteiger partial charge is 0.388 e. The van der Waals surface area contributed by atoms with Crippen LogP contribution in [0.2, 0.25) is 0 Å². The Labute approximate surface area is 138 Å². The van der Waals surface area contributed by atoms with Gasteiger partial charge in [-0.1, -0.05) is 56.2 Å². The Balaban J connectivity index is 2.77. The molecule has 0 amide bonds. The Bertz CT molecular complexity index is 486. The first-order chi connectivity index (χ1) is 10.4. The highest BCUT2D eigenvalue weighted by Crippen LogP contribution is 2.24. The van der Waals surface area contributed by atoms with E-state index in [4.69, 9.17) is 0 Å². The van der Waals surface area contributed by atoms with Gasteiger partial charge in [-0.15, -0.1) is 0 Å². The Morgan fingerprint density at radius 3 is 2.45 bits per heavy atom. The number of unbranched alkanes of at least 4 members (excludes halogenated alkanes) is 2. The van der Waals surface area contributed by atoms with Crippen molar-refractivity contribution in [3.63, 3.8) is 0 Å². The van der Waals surface area contributed by atoms with Gasteiger partial charge in [0.25, 0.3) is 0 Å². The van der Waals surface area contributed by atoms with E-state index in [1.807, 2.05) is 45.0 Å². The first kappa shape index (κ1) is 19.1. The van der Waals surface area contributed by atoms with Gasteiger partial charge in [0.1, 0.15) is 0 Å². The molecule has 0 spiro atoms. The van der Waals surface area contributed by atoms with Gasteiger partial charge in [0, 0.05) is 9.65 Å². The maximum atomic E-state index is 12.7. The standard InChI is InChI=1S/C19H30O2S/c1-5-6-8-13-18(22(21)19(2,3)4)17(20)15-14-16-11-9-7-10-12-16/h7,9-13,17,20H,5-6,8,14-15H2,1-4H3/b18-13-/t17-,22?/m1/s1. The van der Waals surface area contributed by atoms with Crippen LogP contribution in [-0.4, -0.2) is 20.2 Å². The fourth-order valence-corrected chi connectivity index (χ4v) is 3.57. The summed E-state index contributed by atoms with van der Waals surface area (Å²) in [5.41, 5.74) is 1.20. The number of benzene rings is 1. The third kappa shape index (κ3) is 6.45. The summed E-state index contributed by atoms with van der Waals surface area (Å²) in [5, 5.41) is 10.5. The van der Waals surface area contributed by atoms with Crippen LogP contribution in [0.4, 0.5) is 0 Å². The fourth-order valence-electron chi connectivity index (χ4n) is 2.23. The Morgan fingerprint density at radius 2 is 1.91 bits per heavy atom. The normalized spacial score (nSPS) is 15.6. The molecule has 0 bridgehead atoms. The van der Waals surface area contributed by atoms with E-state index in [-0.39, 0.29) is 4.75 Å². The third-order valence-corrected chi connectivity index (χ3v) is 5.53. The number of hydrogen-bond donors (Lipinski definition) is 1. The van der Waals surface area contributed by atoms with Crippen LogP contribution in [0.3, 0.4) is 0 Å². The zero-order chi connectivity index (χ0) is 16.6. The van der Waals surface area contributed by atoms with Crippen LogP contribution in [0.1, 0.15) is 58.9 Å². The lowest BCUT2D eigenvalue weighted by Gasteiger charge is -2.23. The van der Waals surface area contributed by atoms with Crippen LogP contribution in [0.25, 0.3) is 0 Å². The van der Waals surface area contributed by atoms with Crippen LogP contribution in [0.5, 0.6) is 0 Å². The molecule has 2 nitrogen and oxygen atoms in total. The lowest BCUT2D eigenvalue weighted by molar-refractivity contribution is 0.208. The van der Waals surface area contributed by atoms with Crippen molar-refractivity contribution < 1.29 is 9.32 Å². The number of aryl methyl sites for hydroxylation is 1. The molecule has 1 aromatic rings. The van der Waals surface area contributed by atoms with Crippen molar-refractivity contribution in [1.29, 1.82) is 0 Å². The second kappa shape index (κ2) is 9.26. The van der Waals surface area contributed by atoms with Crippen LogP contribution in [-0.2, 0) is 17.2 Å². The van der Waals surface area contributed by atoms with E-state index < -0.39 is 16.9 Å². The highest BCUT2D eigenvalue weighted by atomic mass is 32.2. The van der Waals surface area contributed by atoms with Gasteiger partial charge < -0.3 is 5.11 Å².